The SMILES string of the molecule is CCN(C)C(=O)C(C)NC(=O)N1CC(C)(C)OC(C)(C(F)(F)F)C1. The molecule has 0 radical (unpaired) electrons. The number of alkyl halides is 3. The summed E-state index contributed by atoms with van der Waals surface area (Å²) in [5, 5.41) is 2.46. The average Bonchev–Trinajstić information content (AvgIpc) is 2.42. The van der Waals surface area contributed by atoms with E-state index in [9.17, 15) is 22.8 Å². The van der Waals surface area contributed by atoms with Crippen LogP contribution in [0.25, 0.3) is 0 Å². The molecule has 1 aliphatic heterocycles. The minimum atomic E-state index is -4.62. The Labute approximate surface area is 140 Å². The van der Waals surface area contributed by atoms with Crippen LogP contribution in [0.1, 0.15) is 34.6 Å². The lowest BCUT2D eigenvalue weighted by Crippen LogP contribution is -2.66. The number of morpholine rings is 1. The summed E-state index contributed by atoms with van der Waals surface area (Å²) in [4.78, 5) is 26.8. The molecule has 1 rings (SSSR count). The van der Waals surface area contributed by atoms with Gasteiger partial charge >= 0.3 is 12.2 Å². The third kappa shape index (κ3) is 4.52. The second-order valence-electron chi connectivity index (χ2n) is 6.97. The molecule has 24 heavy (non-hydrogen) atoms. The van der Waals surface area contributed by atoms with Crippen LogP contribution in [0.15, 0.2) is 0 Å². The Balaban J connectivity index is 2.88. The topological polar surface area (TPSA) is 61.9 Å². The molecule has 0 spiro atoms. The fourth-order valence-electron chi connectivity index (χ4n) is 2.67. The number of nitrogens with one attached hydrogen (secondary N) is 1. The zero-order valence-electron chi connectivity index (χ0n) is 15.0. The number of carbonyl (C=O) groups is 2. The van der Waals surface area contributed by atoms with E-state index in [1.165, 1.54) is 25.7 Å². The molecule has 0 bridgehead atoms. The van der Waals surface area contributed by atoms with Crippen molar-refractivity contribution in [3.05, 3.63) is 0 Å². The van der Waals surface area contributed by atoms with Crippen molar-refractivity contribution in [1.82, 2.24) is 15.1 Å². The van der Waals surface area contributed by atoms with Crippen LogP contribution in [-0.2, 0) is 9.53 Å². The van der Waals surface area contributed by atoms with Crippen molar-refractivity contribution in [2.24, 2.45) is 0 Å². The Kier molecular flexibility index (Phi) is 5.80. The minimum Gasteiger partial charge on any atom is -0.356 e. The van der Waals surface area contributed by atoms with E-state index in [1.54, 1.807) is 14.0 Å². The molecule has 0 aromatic heterocycles. The third-order valence-electron chi connectivity index (χ3n) is 4.01. The fraction of sp³-hybridized carbons (Fsp3) is 0.867. The first-order valence-corrected chi connectivity index (χ1v) is 7.80. The van der Waals surface area contributed by atoms with Crippen LogP contribution in [0.4, 0.5) is 18.0 Å². The van der Waals surface area contributed by atoms with Gasteiger partial charge in [-0.1, -0.05) is 0 Å². The van der Waals surface area contributed by atoms with Gasteiger partial charge in [-0.3, -0.25) is 4.79 Å². The maximum absolute atomic E-state index is 13.3. The minimum absolute atomic E-state index is 0.00493. The number of ether oxygens (including phenoxy) is 1. The van der Waals surface area contributed by atoms with Gasteiger partial charge in [-0.15, -0.1) is 0 Å². The van der Waals surface area contributed by atoms with E-state index in [1.807, 2.05) is 0 Å². The summed E-state index contributed by atoms with van der Waals surface area (Å²) in [6, 6.07) is -1.54. The van der Waals surface area contributed by atoms with Gasteiger partial charge in [0.05, 0.1) is 18.7 Å². The number of likely N-dealkylation sites (N-methyl/N-ethyl adjacent to an activating group) is 1. The van der Waals surface area contributed by atoms with Gasteiger partial charge < -0.3 is 19.9 Å². The highest BCUT2D eigenvalue weighted by Crippen LogP contribution is 2.40. The molecule has 0 saturated carbocycles. The van der Waals surface area contributed by atoms with Crippen LogP contribution >= 0.6 is 0 Å². The summed E-state index contributed by atoms with van der Waals surface area (Å²) >= 11 is 0. The normalized spacial score (nSPS) is 25.1. The van der Waals surface area contributed by atoms with Crippen molar-refractivity contribution in [3.63, 3.8) is 0 Å². The maximum atomic E-state index is 13.3. The molecule has 1 N–H and O–H groups in total. The number of urea groups is 1. The molecule has 2 unspecified atom stereocenters. The quantitative estimate of drug-likeness (QED) is 0.844. The van der Waals surface area contributed by atoms with Crippen LogP contribution in [0.5, 0.6) is 0 Å². The zero-order valence-corrected chi connectivity index (χ0v) is 15.0. The second-order valence-corrected chi connectivity index (χ2v) is 6.97. The largest absolute Gasteiger partial charge is 0.418 e. The Morgan fingerprint density at radius 2 is 1.83 bits per heavy atom. The predicted molar refractivity (Wildman–Crippen MR) is 82.5 cm³/mol. The number of carbonyl (C=O) groups excluding carboxylic acids is 2. The van der Waals surface area contributed by atoms with E-state index in [4.69, 9.17) is 4.74 Å². The average molecular weight is 353 g/mol. The molecule has 9 heteroatoms. The van der Waals surface area contributed by atoms with Crippen LogP contribution in [0.2, 0.25) is 0 Å². The van der Waals surface area contributed by atoms with Gasteiger partial charge in [0.2, 0.25) is 5.91 Å². The highest BCUT2D eigenvalue weighted by Gasteiger charge is 2.58. The van der Waals surface area contributed by atoms with Crippen LogP contribution in [0.3, 0.4) is 0 Å². The van der Waals surface area contributed by atoms with Crippen molar-refractivity contribution in [2.45, 2.75) is 58.0 Å². The van der Waals surface area contributed by atoms with Crippen molar-refractivity contribution >= 4 is 11.9 Å². The summed E-state index contributed by atoms with van der Waals surface area (Å²) in [5.74, 6) is -0.308. The molecule has 1 fully saturated rings. The molecule has 1 aliphatic rings. The van der Waals surface area contributed by atoms with E-state index in [0.29, 0.717) is 6.54 Å². The zero-order chi connectivity index (χ0) is 18.9. The van der Waals surface area contributed by atoms with Crippen molar-refractivity contribution in [1.29, 1.82) is 0 Å². The standard InChI is InChI=1S/C15H26F3N3O3/c1-7-20(6)11(22)10(2)19-12(23)21-8-13(3,4)24-14(5,9-21)15(16,17)18/h10H,7-9H2,1-6H3,(H,19,23). The number of hydrogen-bond donors (Lipinski definition) is 1. The lowest BCUT2D eigenvalue weighted by molar-refractivity contribution is -0.318. The molecule has 0 aliphatic carbocycles. The van der Waals surface area contributed by atoms with Crippen molar-refractivity contribution in [2.75, 3.05) is 26.7 Å². The van der Waals surface area contributed by atoms with Gasteiger partial charge in [-0.25, -0.2) is 4.79 Å². The van der Waals surface area contributed by atoms with Crippen LogP contribution in [-0.4, -0.2) is 71.8 Å². The number of hydrogen-bond acceptors (Lipinski definition) is 3. The lowest BCUT2D eigenvalue weighted by atomic mass is 9.97. The highest BCUT2D eigenvalue weighted by atomic mass is 19.4. The number of rotatable bonds is 3. The van der Waals surface area contributed by atoms with E-state index in [2.05, 4.69) is 5.32 Å². The molecular formula is C15H26F3N3O3. The maximum Gasteiger partial charge on any atom is 0.418 e. The highest BCUT2D eigenvalue weighted by molar-refractivity contribution is 5.86. The molecule has 140 valence electrons. The van der Waals surface area contributed by atoms with Gasteiger partial charge in [0.25, 0.3) is 0 Å². The monoisotopic (exact) mass is 353 g/mol. The molecule has 2 atom stereocenters. The van der Waals surface area contributed by atoms with Crippen LogP contribution in [0, 0.1) is 0 Å². The lowest BCUT2D eigenvalue weighted by Gasteiger charge is -2.48. The fourth-order valence-corrected chi connectivity index (χ4v) is 2.67. The van der Waals surface area contributed by atoms with E-state index in [-0.39, 0.29) is 12.5 Å². The first kappa shape index (κ1) is 20.5. The van der Waals surface area contributed by atoms with Crippen molar-refractivity contribution < 1.29 is 27.5 Å². The molecule has 1 heterocycles. The summed E-state index contributed by atoms with van der Waals surface area (Å²) in [6.45, 7) is 7.03. The molecule has 1 saturated heterocycles. The first-order chi connectivity index (χ1) is 10.7. The number of amides is 3. The Hall–Kier alpha value is -1.51. The van der Waals surface area contributed by atoms with Crippen LogP contribution < -0.4 is 5.32 Å². The Morgan fingerprint density at radius 3 is 2.29 bits per heavy atom. The third-order valence-corrected chi connectivity index (χ3v) is 4.01. The second kappa shape index (κ2) is 6.78. The molecule has 6 nitrogen and oxygen atoms in total. The molecule has 0 aromatic carbocycles. The molecule has 3 amide bonds. The Bertz CT molecular complexity index is 496. The summed E-state index contributed by atoms with van der Waals surface area (Å²) in [7, 11) is 1.59. The van der Waals surface area contributed by atoms with Gasteiger partial charge in [-0.05, 0) is 34.6 Å². The summed E-state index contributed by atoms with van der Waals surface area (Å²) in [6.07, 6.45) is -4.62. The Morgan fingerprint density at radius 1 is 1.29 bits per heavy atom. The van der Waals surface area contributed by atoms with Gasteiger partial charge in [-0.2, -0.15) is 13.2 Å². The summed E-state index contributed by atoms with van der Waals surface area (Å²) < 4.78 is 45.1. The van der Waals surface area contributed by atoms with E-state index in [0.717, 1.165) is 11.8 Å². The smallest absolute Gasteiger partial charge is 0.356 e. The van der Waals surface area contributed by atoms with Crippen molar-refractivity contribution in [3.8, 4) is 0 Å². The molecule has 0 aromatic rings. The number of nitrogens with zero attached hydrogens (tertiary/aromatic N) is 2. The summed E-state index contributed by atoms with van der Waals surface area (Å²) in [5.41, 5.74) is -3.62. The van der Waals surface area contributed by atoms with Gasteiger partial charge in [0, 0.05) is 13.6 Å². The van der Waals surface area contributed by atoms with Gasteiger partial charge in [0.15, 0.2) is 5.60 Å². The number of halogens is 3. The van der Waals surface area contributed by atoms with E-state index >= 15 is 0 Å². The molecular weight excluding hydrogens is 327 g/mol. The first-order valence-electron chi connectivity index (χ1n) is 7.80. The van der Waals surface area contributed by atoms with E-state index < -0.39 is 36.0 Å². The predicted octanol–water partition coefficient (Wildman–Crippen LogP) is 1.99. The van der Waals surface area contributed by atoms with Gasteiger partial charge in [0.1, 0.15) is 6.04 Å².